The van der Waals surface area contributed by atoms with Gasteiger partial charge in [-0.3, -0.25) is 0 Å². The minimum atomic E-state index is -0.504. The molecule has 1 aliphatic heterocycles. The number of alkyl carbamates (subject to hydrolysis) is 1. The van der Waals surface area contributed by atoms with Crippen molar-refractivity contribution in [2.24, 2.45) is 5.41 Å². The lowest BCUT2D eigenvalue weighted by atomic mass is 9.80. The first-order valence-electron chi connectivity index (χ1n) is 7.99. The summed E-state index contributed by atoms with van der Waals surface area (Å²) in [6.07, 6.45) is 4.70. The molecule has 1 rings (SSSR count). The molecule has 1 fully saturated rings. The van der Waals surface area contributed by atoms with Gasteiger partial charge in [0.2, 0.25) is 0 Å². The molecule has 0 aliphatic carbocycles. The molecule has 124 valence electrons. The Morgan fingerprint density at radius 2 is 2.14 bits per heavy atom. The molecule has 0 aromatic heterocycles. The van der Waals surface area contributed by atoms with Gasteiger partial charge in [-0.25, -0.2) is 4.79 Å². The quantitative estimate of drug-likeness (QED) is 0.759. The number of carbonyl (C=O) groups is 1. The highest BCUT2D eigenvalue weighted by molar-refractivity contribution is 5.67. The van der Waals surface area contributed by atoms with Crippen LogP contribution < -0.4 is 5.32 Å². The van der Waals surface area contributed by atoms with E-state index in [4.69, 9.17) is 9.47 Å². The van der Waals surface area contributed by atoms with Gasteiger partial charge in [-0.1, -0.05) is 6.92 Å². The molecule has 0 radical (unpaired) electrons. The Kier molecular flexibility index (Phi) is 6.94. The molecule has 1 saturated heterocycles. The van der Waals surface area contributed by atoms with E-state index in [-0.39, 0.29) is 12.0 Å². The maximum atomic E-state index is 11.8. The number of ether oxygens (including phenoxy) is 2. The third-order valence-electron chi connectivity index (χ3n) is 4.11. The van der Waals surface area contributed by atoms with E-state index in [9.17, 15) is 9.90 Å². The fourth-order valence-electron chi connectivity index (χ4n) is 2.55. The van der Waals surface area contributed by atoms with E-state index in [1.54, 1.807) is 0 Å². The Morgan fingerprint density at radius 3 is 2.62 bits per heavy atom. The number of aliphatic hydroxyl groups is 1. The first kappa shape index (κ1) is 18.2. The number of hydrogen-bond acceptors (Lipinski definition) is 4. The Balaban J connectivity index is 2.44. The lowest BCUT2D eigenvalue weighted by Gasteiger charge is -2.32. The predicted octanol–water partition coefficient (Wildman–Crippen LogP) is 2.86. The molecule has 2 N–H and O–H groups in total. The lowest BCUT2D eigenvalue weighted by Crippen LogP contribution is -2.42. The number of nitrogens with one attached hydrogen (secondary N) is 1. The molecule has 0 saturated carbocycles. The first-order chi connectivity index (χ1) is 9.80. The van der Waals surface area contributed by atoms with Gasteiger partial charge >= 0.3 is 6.09 Å². The van der Waals surface area contributed by atoms with Gasteiger partial charge in [0.25, 0.3) is 0 Å². The molecule has 0 aromatic rings. The van der Waals surface area contributed by atoms with Crippen LogP contribution in [0.5, 0.6) is 0 Å². The zero-order chi connectivity index (χ0) is 15.9. The molecular weight excluding hydrogens is 270 g/mol. The molecule has 5 nitrogen and oxygen atoms in total. The van der Waals surface area contributed by atoms with Gasteiger partial charge in [0.05, 0.1) is 12.7 Å². The summed E-state index contributed by atoms with van der Waals surface area (Å²) in [5.74, 6) is 0. The normalized spacial score (nSPS) is 21.9. The summed E-state index contributed by atoms with van der Waals surface area (Å²) in [5, 5.41) is 12.6. The second-order valence-corrected chi connectivity index (χ2v) is 7.04. The van der Waals surface area contributed by atoms with Crippen molar-refractivity contribution >= 4 is 6.09 Å². The second-order valence-electron chi connectivity index (χ2n) is 7.04. The number of amides is 1. The SMILES string of the molecule is CCC(CO)(CCC1CCCO1)CNC(=O)OC(C)(C)C. The average Bonchev–Trinajstić information content (AvgIpc) is 2.91. The zero-order valence-electron chi connectivity index (χ0n) is 13.9. The Bertz CT molecular complexity index is 315. The first-order valence-corrected chi connectivity index (χ1v) is 7.99. The Labute approximate surface area is 128 Å². The Hall–Kier alpha value is -0.810. The molecule has 0 bridgehead atoms. The van der Waals surface area contributed by atoms with Crippen LogP contribution in [0, 0.1) is 5.41 Å². The third kappa shape index (κ3) is 6.66. The Morgan fingerprint density at radius 1 is 1.43 bits per heavy atom. The summed E-state index contributed by atoms with van der Waals surface area (Å²) < 4.78 is 10.9. The van der Waals surface area contributed by atoms with Gasteiger partial charge < -0.3 is 19.9 Å². The topological polar surface area (TPSA) is 67.8 Å². The van der Waals surface area contributed by atoms with Crippen LogP contribution in [0.1, 0.15) is 59.8 Å². The predicted molar refractivity (Wildman–Crippen MR) is 82.3 cm³/mol. The van der Waals surface area contributed by atoms with Crippen LogP contribution in [0.15, 0.2) is 0 Å². The van der Waals surface area contributed by atoms with E-state index in [0.29, 0.717) is 12.6 Å². The van der Waals surface area contributed by atoms with E-state index in [2.05, 4.69) is 5.32 Å². The summed E-state index contributed by atoms with van der Waals surface area (Å²) in [6.45, 7) is 8.89. The number of rotatable bonds is 7. The summed E-state index contributed by atoms with van der Waals surface area (Å²) in [7, 11) is 0. The molecule has 2 atom stereocenters. The van der Waals surface area contributed by atoms with Gasteiger partial charge in [0.1, 0.15) is 5.60 Å². The van der Waals surface area contributed by atoms with Crippen molar-refractivity contribution in [3.05, 3.63) is 0 Å². The lowest BCUT2D eigenvalue weighted by molar-refractivity contribution is 0.0401. The third-order valence-corrected chi connectivity index (χ3v) is 4.11. The molecular formula is C16H31NO4. The van der Waals surface area contributed by atoms with E-state index in [0.717, 1.165) is 38.7 Å². The van der Waals surface area contributed by atoms with Crippen molar-refractivity contribution in [3.63, 3.8) is 0 Å². The van der Waals surface area contributed by atoms with Crippen molar-refractivity contribution in [2.75, 3.05) is 19.8 Å². The molecule has 1 amide bonds. The molecule has 1 aliphatic rings. The number of carbonyl (C=O) groups excluding carboxylic acids is 1. The van der Waals surface area contributed by atoms with E-state index >= 15 is 0 Å². The van der Waals surface area contributed by atoms with Crippen molar-refractivity contribution in [1.29, 1.82) is 0 Å². The fraction of sp³-hybridized carbons (Fsp3) is 0.938. The maximum absolute atomic E-state index is 11.8. The van der Waals surface area contributed by atoms with Gasteiger partial charge in [0, 0.05) is 18.6 Å². The molecule has 21 heavy (non-hydrogen) atoms. The molecule has 1 heterocycles. The van der Waals surface area contributed by atoms with Gasteiger partial charge in [-0.2, -0.15) is 0 Å². The summed E-state index contributed by atoms with van der Waals surface area (Å²) in [4.78, 5) is 11.8. The van der Waals surface area contributed by atoms with E-state index in [1.807, 2.05) is 27.7 Å². The van der Waals surface area contributed by atoms with Crippen LogP contribution in [0.4, 0.5) is 4.79 Å². The highest BCUT2D eigenvalue weighted by Gasteiger charge is 2.30. The monoisotopic (exact) mass is 301 g/mol. The summed E-state index contributed by atoms with van der Waals surface area (Å²) >= 11 is 0. The fourth-order valence-corrected chi connectivity index (χ4v) is 2.55. The second kappa shape index (κ2) is 7.99. The highest BCUT2D eigenvalue weighted by Crippen LogP contribution is 2.30. The van der Waals surface area contributed by atoms with Gasteiger partial charge in [-0.05, 0) is 52.9 Å². The smallest absolute Gasteiger partial charge is 0.407 e. The number of aliphatic hydroxyl groups excluding tert-OH is 1. The van der Waals surface area contributed by atoms with Crippen molar-refractivity contribution in [2.45, 2.75) is 71.5 Å². The minimum absolute atomic E-state index is 0.0615. The minimum Gasteiger partial charge on any atom is -0.444 e. The molecule has 0 spiro atoms. The van der Waals surface area contributed by atoms with Crippen LogP contribution in [-0.4, -0.2) is 42.7 Å². The van der Waals surface area contributed by atoms with Crippen LogP contribution in [0.2, 0.25) is 0 Å². The summed E-state index contributed by atoms with van der Waals surface area (Å²) in [6, 6.07) is 0. The van der Waals surface area contributed by atoms with Gasteiger partial charge in [0.15, 0.2) is 0 Å². The average molecular weight is 301 g/mol. The largest absolute Gasteiger partial charge is 0.444 e. The van der Waals surface area contributed by atoms with Crippen LogP contribution in [0.3, 0.4) is 0 Å². The van der Waals surface area contributed by atoms with Crippen molar-refractivity contribution < 1.29 is 19.4 Å². The molecule has 0 aromatic carbocycles. The maximum Gasteiger partial charge on any atom is 0.407 e. The molecule has 5 heteroatoms. The van der Waals surface area contributed by atoms with Crippen LogP contribution >= 0.6 is 0 Å². The zero-order valence-corrected chi connectivity index (χ0v) is 13.9. The van der Waals surface area contributed by atoms with Crippen molar-refractivity contribution in [3.8, 4) is 0 Å². The van der Waals surface area contributed by atoms with E-state index < -0.39 is 11.7 Å². The van der Waals surface area contributed by atoms with Gasteiger partial charge in [-0.15, -0.1) is 0 Å². The van der Waals surface area contributed by atoms with Crippen molar-refractivity contribution in [1.82, 2.24) is 5.32 Å². The standard InChI is InChI=1S/C16H31NO4/c1-5-16(12-18,9-8-13-7-6-10-20-13)11-17-14(19)21-15(2,3)4/h13,18H,5-12H2,1-4H3,(H,17,19). The highest BCUT2D eigenvalue weighted by atomic mass is 16.6. The van der Waals surface area contributed by atoms with Crippen LogP contribution in [-0.2, 0) is 9.47 Å². The number of hydrogen-bond donors (Lipinski definition) is 2. The van der Waals surface area contributed by atoms with E-state index in [1.165, 1.54) is 0 Å². The summed E-state index contributed by atoms with van der Waals surface area (Å²) in [5.41, 5.74) is -0.793. The molecule has 2 unspecified atom stereocenters. The van der Waals surface area contributed by atoms with Crippen LogP contribution in [0.25, 0.3) is 0 Å².